The van der Waals surface area contributed by atoms with Gasteiger partial charge in [0.1, 0.15) is 5.76 Å². The van der Waals surface area contributed by atoms with Crippen LogP contribution in [0.4, 0.5) is 5.95 Å². The predicted octanol–water partition coefficient (Wildman–Crippen LogP) is 4.31. The van der Waals surface area contributed by atoms with E-state index in [4.69, 9.17) is 4.42 Å². The quantitative estimate of drug-likeness (QED) is 0.487. The molecule has 1 fully saturated rings. The molecule has 0 spiro atoms. The SMILES string of the molecule is CC(Sc1nnc(N2CCCCC2)n1Cc1ccco1)C(=O)NCC(C)c1ccccc1. The number of nitrogens with one attached hydrogen (secondary N) is 1. The first-order chi connectivity index (χ1) is 15.6. The minimum Gasteiger partial charge on any atom is -0.467 e. The molecule has 7 nitrogen and oxygen atoms in total. The van der Waals surface area contributed by atoms with E-state index >= 15 is 0 Å². The Kier molecular flexibility index (Phi) is 7.52. The molecule has 0 aliphatic carbocycles. The Labute approximate surface area is 193 Å². The fourth-order valence-corrected chi connectivity index (χ4v) is 4.77. The van der Waals surface area contributed by atoms with Crippen molar-refractivity contribution in [3.63, 3.8) is 0 Å². The van der Waals surface area contributed by atoms with Gasteiger partial charge in [-0.15, -0.1) is 10.2 Å². The lowest BCUT2D eigenvalue weighted by Crippen LogP contribution is -2.34. The van der Waals surface area contributed by atoms with Gasteiger partial charge in [-0.25, -0.2) is 0 Å². The molecule has 4 rings (SSSR count). The number of rotatable bonds is 9. The van der Waals surface area contributed by atoms with Gasteiger partial charge in [-0.1, -0.05) is 49.0 Å². The van der Waals surface area contributed by atoms with E-state index in [-0.39, 0.29) is 17.1 Å². The van der Waals surface area contributed by atoms with Crippen molar-refractivity contribution in [1.29, 1.82) is 0 Å². The number of piperidine rings is 1. The molecule has 2 unspecified atom stereocenters. The molecule has 1 saturated heterocycles. The minimum absolute atomic E-state index is 0.00449. The summed E-state index contributed by atoms with van der Waals surface area (Å²) in [6.07, 6.45) is 5.25. The summed E-state index contributed by atoms with van der Waals surface area (Å²) < 4.78 is 7.65. The third-order valence-corrected chi connectivity index (χ3v) is 6.91. The van der Waals surface area contributed by atoms with Crippen molar-refractivity contribution in [2.45, 2.75) is 56.0 Å². The van der Waals surface area contributed by atoms with Gasteiger partial charge in [-0.3, -0.25) is 9.36 Å². The lowest BCUT2D eigenvalue weighted by atomic mass is 10.0. The summed E-state index contributed by atoms with van der Waals surface area (Å²) in [7, 11) is 0. The van der Waals surface area contributed by atoms with Gasteiger partial charge < -0.3 is 14.6 Å². The molecule has 3 aromatic rings. The molecule has 0 radical (unpaired) electrons. The first kappa shape index (κ1) is 22.5. The number of carbonyl (C=O) groups excluding carboxylic acids is 1. The molecule has 1 amide bonds. The third kappa shape index (κ3) is 5.54. The molecule has 3 heterocycles. The van der Waals surface area contributed by atoms with Gasteiger partial charge >= 0.3 is 0 Å². The number of furan rings is 1. The van der Waals surface area contributed by atoms with Gasteiger partial charge in [-0.2, -0.15) is 0 Å². The first-order valence-electron chi connectivity index (χ1n) is 11.3. The topological polar surface area (TPSA) is 76.2 Å². The fraction of sp³-hybridized carbons (Fsp3) is 0.458. The third-order valence-electron chi connectivity index (χ3n) is 5.83. The first-order valence-corrected chi connectivity index (χ1v) is 12.2. The van der Waals surface area contributed by atoms with Crippen molar-refractivity contribution in [1.82, 2.24) is 20.1 Å². The van der Waals surface area contributed by atoms with Crippen molar-refractivity contribution in [3.05, 3.63) is 60.1 Å². The fourth-order valence-electron chi connectivity index (χ4n) is 3.90. The Bertz CT molecular complexity index is 983. The lowest BCUT2D eigenvalue weighted by Gasteiger charge is -2.27. The smallest absolute Gasteiger partial charge is 0.233 e. The van der Waals surface area contributed by atoms with Gasteiger partial charge in [0.15, 0.2) is 5.16 Å². The maximum atomic E-state index is 12.8. The molecule has 32 heavy (non-hydrogen) atoms. The molecular formula is C24H31N5O2S. The van der Waals surface area contributed by atoms with Crippen molar-refractivity contribution in [3.8, 4) is 0 Å². The van der Waals surface area contributed by atoms with E-state index in [1.54, 1.807) is 6.26 Å². The summed E-state index contributed by atoms with van der Waals surface area (Å²) >= 11 is 1.44. The maximum absolute atomic E-state index is 12.8. The highest BCUT2D eigenvalue weighted by molar-refractivity contribution is 8.00. The minimum atomic E-state index is -0.285. The summed E-state index contributed by atoms with van der Waals surface area (Å²) in [5, 5.41) is 12.5. The molecular weight excluding hydrogens is 422 g/mol. The normalized spacial score (nSPS) is 16.0. The van der Waals surface area contributed by atoms with Crippen molar-refractivity contribution in [2.24, 2.45) is 0 Å². The average Bonchev–Trinajstić information content (AvgIpc) is 3.49. The highest BCUT2D eigenvalue weighted by Crippen LogP contribution is 2.28. The van der Waals surface area contributed by atoms with Gasteiger partial charge in [0.25, 0.3) is 0 Å². The van der Waals surface area contributed by atoms with Crippen LogP contribution >= 0.6 is 11.8 Å². The summed E-state index contributed by atoms with van der Waals surface area (Å²) in [5.74, 6) is 1.96. The van der Waals surface area contributed by atoms with Crippen LogP contribution in [0, 0.1) is 0 Å². The summed E-state index contributed by atoms with van der Waals surface area (Å²) in [6, 6.07) is 14.1. The van der Waals surface area contributed by atoms with Crippen molar-refractivity contribution < 1.29 is 9.21 Å². The molecule has 2 atom stereocenters. The zero-order valence-electron chi connectivity index (χ0n) is 18.7. The molecule has 0 bridgehead atoms. The summed E-state index contributed by atoms with van der Waals surface area (Å²) in [6.45, 7) is 7.15. The molecule has 1 aliphatic heterocycles. The Morgan fingerprint density at radius 1 is 1.09 bits per heavy atom. The van der Waals surface area contributed by atoms with Gasteiger partial charge in [0.05, 0.1) is 18.1 Å². The van der Waals surface area contributed by atoms with Crippen LogP contribution in [-0.2, 0) is 11.3 Å². The number of amides is 1. The number of hydrogen-bond acceptors (Lipinski definition) is 6. The Hall–Kier alpha value is -2.74. The summed E-state index contributed by atoms with van der Waals surface area (Å²) in [4.78, 5) is 15.1. The molecule has 8 heteroatoms. The highest BCUT2D eigenvalue weighted by Gasteiger charge is 2.24. The molecule has 1 N–H and O–H groups in total. The van der Waals surface area contributed by atoms with E-state index in [0.29, 0.717) is 13.1 Å². The largest absolute Gasteiger partial charge is 0.467 e. The number of thioether (sulfide) groups is 1. The van der Waals surface area contributed by atoms with Crippen LogP contribution < -0.4 is 10.2 Å². The van der Waals surface area contributed by atoms with Crippen LogP contribution in [0.15, 0.2) is 58.3 Å². The highest BCUT2D eigenvalue weighted by atomic mass is 32.2. The van der Waals surface area contributed by atoms with E-state index in [2.05, 4.69) is 44.0 Å². The van der Waals surface area contributed by atoms with Gasteiger partial charge in [-0.05, 0) is 49.8 Å². The molecule has 1 aromatic carbocycles. The Morgan fingerprint density at radius 3 is 2.59 bits per heavy atom. The monoisotopic (exact) mass is 453 g/mol. The molecule has 2 aromatic heterocycles. The second-order valence-corrected chi connectivity index (χ2v) is 9.62. The van der Waals surface area contributed by atoms with E-state index in [0.717, 1.165) is 42.8 Å². The number of nitrogens with zero attached hydrogens (tertiary/aromatic N) is 4. The molecule has 170 valence electrons. The summed E-state index contributed by atoms with van der Waals surface area (Å²) in [5.41, 5.74) is 1.22. The number of hydrogen-bond donors (Lipinski definition) is 1. The van der Waals surface area contributed by atoms with Gasteiger partial charge in [0, 0.05) is 19.6 Å². The second-order valence-electron chi connectivity index (χ2n) is 8.31. The van der Waals surface area contributed by atoms with E-state index < -0.39 is 0 Å². The van der Waals surface area contributed by atoms with E-state index in [1.807, 2.05) is 37.3 Å². The predicted molar refractivity (Wildman–Crippen MR) is 127 cm³/mol. The zero-order valence-corrected chi connectivity index (χ0v) is 19.6. The van der Waals surface area contributed by atoms with Crippen LogP contribution in [0.2, 0.25) is 0 Å². The Balaban J connectivity index is 1.42. The zero-order chi connectivity index (χ0) is 22.3. The standard InChI is InChI=1S/C24H31N5O2S/c1-18(20-10-5-3-6-11-20)16-25-22(30)19(2)32-24-27-26-23(28-13-7-4-8-14-28)29(24)17-21-12-9-15-31-21/h3,5-6,9-12,15,18-19H,4,7-8,13-14,16-17H2,1-2H3,(H,25,30). The number of anilines is 1. The van der Waals surface area contributed by atoms with Crippen molar-refractivity contribution in [2.75, 3.05) is 24.5 Å². The Morgan fingerprint density at radius 2 is 1.88 bits per heavy atom. The van der Waals surface area contributed by atoms with Gasteiger partial charge in [0.2, 0.25) is 11.9 Å². The number of benzene rings is 1. The van der Waals surface area contributed by atoms with E-state index in [9.17, 15) is 4.79 Å². The average molecular weight is 454 g/mol. The van der Waals surface area contributed by atoms with Crippen LogP contribution in [0.25, 0.3) is 0 Å². The van der Waals surface area contributed by atoms with E-state index in [1.165, 1.54) is 23.7 Å². The lowest BCUT2D eigenvalue weighted by molar-refractivity contribution is -0.120. The van der Waals surface area contributed by atoms with Crippen LogP contribution in [0.5, 0.6) is 0 Å². The van der Waals surface area contributed by atoms with Crippen LogP contribution in [0.3, 0.4) is 0 Å². The van der Waals surface area contributed by atoms with Crippen LogP contribution in [0.1, 0.15) is 50.4 Å². The molecule has 0 saturated carbocycles. The second kappa shape index (κ2) is 10.7. The molecule has 1 aliphatic rings. The maximum Gasteiger partial charge on any atom is 0.233 e. The van der Waals surface area contributed by atoms with Crippen LogP contribution in [-0.4, -0.2) is 45.6 Å². The number of carbonyl (C=O) groups is 1. The number of aromatic nitrogens is 3. The van der Waals surface area contributed by atoms with Crippen molar-refractivity contribution >= 4 is 23.6 Å².